The van der Waals surface area contributed by atoms with Crippen molar-refractivity contribution in [3.8, 4) is 0 Å². The van der Waals surface area contributed by atoms with Crippen molar-refractivity contribution in [3.63, 3.8) is 0 Å². The van der Waals surface area contributed by atoms with Gasteiger partial charge in [-0.15, -0.1) is 0 Å². The number of allylic oxidation sites excluding steroid dienone is 4. The number of alkyl halides is 3. The Morgan fingerprint density at radius 1 is 0.597 bits per heavy atom. The summed E-state index contributed by atoms with van der Waals surface area (Å²) in [6.45, 7) is 43.1. The summed E-state index contributed by atoms with van der Waals surface area (Å²) in [4.78, 5) is 26.2. The molecule has 10 aliphatic carbocycles. The van der Waals surface area contributed by atoms with Crippen molar-refractivity contribution < 1.29 is 49.4 Å². The van der Waals surface area contributed by atoms with Crippen LogP contribution in [-0.2, 0) is 14.3 Å². The van der Waals surface area contributed by atoms with Crippen LogP contribution in [0.15, 0.2) is 35.4 Å². The van der Waals surface area contributed by atoms with E-state index in [1.165, 1.54) is 120 Å². The van der Waals surface area contributed by atoms with E-state index in [1.807, 2.05) is 0 Å². The van der Waals surface area contributed by atoms with Crippen molar-refractivity contribution in [2.24, 2.45) is 113 Å². The summed E-state index contributed by atoms with van der Waals surface area (Å²) in [7, 11) is 0. The van der Waals surface area contributed by atoms with Crippen molar-refractivity contribution >= 4 is 58.0 Å². The largest absolute Gasteiger partial charge is 1.00 e. The van der Waals surface area contributed by atoms with Crippen LogP contribution in [0.1, 0.15) is 213 Å². The number of hydrogen-bond donors (Lipinski definition) is 0. The van der Waals surface area contributed by atoms with Crippen LogP contribution in [0.3, 0.4) is 0 Å². The van der Waals surface area contributed by atoms with Crippen LogP contribution >= 0.6 is 46.4 Å². The predicted octanol–water partition coefficient (Wildman–Crippen LogP) is 15.4. The number of ether oxygens (including phenoxy) is 1. The number of rotatable bonds is 4. The van der Waals surface area contributed by atoms with E-state index in [0.29, 0.717) is 72.9 Å². The molecule has 1 saturated heterocycles. The molecule has 1 aliphatic heterocycles. The fourth-order valence-electron chi connectivity index (χ4n) is 23.3. The van der Waals surface area contributed by atoms with Gasteiger partial charge in [-0.05, 0) is 214 Å². The first-order valence-corrected chi connectivity index (χ1v) is 30.4. The second-order valence-electron chi connectivity index (χ2n) is 29.4. The molecule has 0 radical (unpaired) electrons. The SMILES string of the molecule is C=C(C)[C@@H]1CC[C@]2(CC)CC[C@]3(C)[C@H](CC[C@@H]4[C@@]5(C)C=C(Cl)C(=O)C(C)(C)[C@@H]5CC[C@]43C)[C@@H]12.C=C(C)[C@@H]1CC[C@]2(CC)CC[C@]3(C)[C@H](CC[C@@H]4[C@@]5(C)[C@H]6O[C@H]6C(=O)C(C)(C)[C@@H]5CC[C@]43C)[C@@H]12.ClC(Cl)Cl.[Na+].[OH-]. The Morgan fingerprint density at radius 2 is 1.03 bits per heavy atom. The third kappa shape index (κ3) is 8.10. The zero-order chi connectivity index (χ0) is 51.5. The van der Waals surface area contributed by atoms with Gasteiger partial charge in [-0.3, -0.25) is 9.59 Å². The molecular weight excluding hydrogens is 985 g/mol. The monoisotopic (exact) mass is 1080 g/mol. The molecule has 72 heavy (non-hydrogen) atoms. The minimum absolute atomic E-state index is 0. The van der Waals surface area contributed by atoms with Crippen molar-refractivity contribution in [1.29, 1.82) is 0 Å². The molecule has 20 atom stereocenters. The number of fused-ring (bicyclic) bond motifs is 16. The topological polar surface area (TPSA) is 76.7 Å². The van der Waals surface area contributed by atoms with Crippen molar-refractivity contribution in [3.05, 3.63) is 35.4 Å². The van der Waals surface area contributed by atoms with E-state index in [0.717, 1.165) is 36.0 Å². The summed E-state index contributed by atoms with van der Waals surface area (Å²) in [5.74, 6) is 7.39. The Morgan fingerprint density at radius 3 is 1.47 bits per heavy atom. The molecule has 1 N–H and O–H groups in total. The molecule has 0 aromatic carbocycles. The van der Waals surface area contributed by atoms with E-state index in [1.54, 1.807) is 0 Å². The Kier molecular flexibility index (Phi) is 16.5. The summed E-state index contributed by atoms with van der Waals surface area (Å²) < 4.78 is 5.50. The fourth-order valence-corrected chi connectivity index (χ4v) is 23.8. The first-order valence-electron chi connectivity index (χ1n) is 28.8. The minimum atomic E-state index is -0.750. The number of carbonyl (C=O) groups excluding carboxylic acids is 2. The van der Waals surface area contributed by atoms with E-state index in [9.17, 15) is 9.59 Å². The van der Waals surface area contributed by atoms with Crippen molar-refractivity contribution in [2.45, 2.75) is 229 Å². The van der Waals surface area contributed by atoms with Gasteiger partial charge in [0.15, 0.2) is 15.9 Å². The average Bonchev–Trinajstić information content (AvgIpc) is 3.85. The molecule has 402 valence electrons. The smallest absolute Gasteiger partial charge is 0.870 e. The maximum absolute atomic E-state index is 13.2. The van der Waals surface area contributed by atoms with Gasteiger partial charge in [0, 0.05) is 16.2 Å². The maximum Gasteiger partial charge on any atom is 1.00 e. The summed E-state index contributed by atoms with van der Waals surface area (Å²) >= 11 is 21.1. The van der Waals surface area contributed by atoms with E-state index in [4.69, 9.17) is 51.1 Å². The van der Waals surface area contributed by atoms with Gasteiger partial charge in [0.25, 0.3) is 0 Å². The summed E-state index contributed by atoms with van der Waals surface area (Å²) in [5, 5.41) is 0.502. The molecule has 9 heteroatoms. The zero-order valence-corrected chi connectivity index (χ0v) is 52.9. The zero-order valence-electron chi connectivity index (χ0n) is 47.9. The third-order valence-electron chi connectivity index (χ3n) is 27.2. The second-order valence-corrected chi connectivity index (χ2v) is 31.8. The molecule has 0 aromatic heterocycles. The maximum atomic E-state index is 13.2. The third-order valence-corrected chi connectivity index (χ3v) is 27.5. The first kappa shape index (κ1) is 60.3. The van der Waals surface area contributed by atoms with Crippen LogP contribution in [0.4, 0.5) is 0 Å². The summed E-state index contributed by atoms with van der Waals surface area (Å²) in [6, 6.07) is 0. The first-order chi connectivity index (χ1) is 32.4. The van der Waals surface area contributed by atoms with Crippen LogP contribution < -0.4 is 29.6 Å². The molecule has 0 amide bonds. The van der Waals surface area contributed by atoms with Gasteiger partial charge in [-0.25, -0.2) is 0 Å². The second kappa shape index (κ2) is 19.7. The van der Waals surface area contributed by atoms with Crippen LogP contribution in [0.25, 0.3) is 0 Å². The molecule has 11 aliphatic rings. The molecule has 0 bridgehead atoms. The summed E-state index contributed by atoms with van der Waals surface area (Å²) in [6.07, 6.45) is 26.4. The van der Waals surface area contributed by atoms with Crippen LogP contribution in [-0.4, -0.2) is 33.5 Å². The van der Waals surface area contributed by atoms with Crippen molar-refractivity contribution in [1.82, 2.24) is 0 Å². The molecule has 11 rings (SSSR count). The number of ketones is 2. The summed E-state index contributed by atoms with van der Waals surface area (Å²) in [5.41, 5.74) is 4.93. The van der Waals surface area contributed by atoms with Gasteiger partial charge in [0.2, 0.25) is 0 Å². The standard InChI is InChI=1S/C31H47ClO.C31H48O2.CHCl3.Na.H2O/c1-9-31-15-12-20(19(2)3)25(31)21-10-11-24-28(6)18-22(32)26(33)27(4,5)23(28)13-14-30(24,8)29(21,7)16-17-31;1-9-31-15-12-19(18(2)3)23(31)20-10-11-22-29(7,28(20,6)16-17-31)14-13-21-27(4,5)25(32)24-26(33-24)30(21,22)8;2-1(3)4;;/h18,20-21,23-25H,2,9-17H2,1,3-8H3;19-24,26H,2,9-17H2,1,3-8H3;1H;;1H2/q;;;+1;/p-1/t20-,21+,23-,24+,25+,28-,29+,30+,31+;19-,20+,21-,22-,23+,24-,26-,28+,29+,30-,31+;;;/m00.../s1. The Balaban J connectivity index is 0.000000192. The van der Waals surface area contributed by atoms with E-state index >= 15 is 0 Å². The molecule has 10 fully saturated rings. The molecule has 1 heterocycles. The van der Waals surface area contributed by atoms with Gasteiger partial charge >= 0.3 is 29.6 Å². The van der Waals surface area contributed by atoms with Gasteiger partial charge in [0.05, 0.1) is 11.1 Å². The van der Waals surface area contributed by atoms with E-state index in [2.05, 4.69) is 116 Å². The normalized spacial score (nSPS) is 51.5. The molecule has 4 nitrogen and oxygen atoms in total. The Bertz CT molecular complexity index is 2190. The number of hydrogen-bond acceptors (Lipinski definition) is 4. The number of halogens is 4. The molecular formula is C63H97Cl4NaO4. The Hall–Kier alpha value is 0.640. The molecule has 0 unspecified atom stereocenters. The van der Waals surface area contributed by atoms with Gasteiger partial charge in [-0.1, -0.05) is 173 Å². The fraction of sp³-hybridized carbons (Fsp3) is 0.873. The van der Waals surface area contributed by atoms with Gasteiger partial charge in [0.1, 0.15) is 6.10 Å². The molecule has 0 spiro atoms. The van der Waals surface area contributed by atoms with Crippen LogP contribution in [0, 0.1) is 113 Å². The van der Waals surface area contributed by atoms with Crippen LogP contribution in [0.2, 0.25) is 0 Å². The van der Waals surface area contributed by atoms with Crippen molar-refractivity contribution in [2.75, 3.05) is 0 Å². The Labute approximate surface area is 481 Å². The quantitative estimate of drug-likeness (QED) is 0.122. The van der Waals surface area contributed by atoms with Gasteiger partial charge in [-0.2, -0.15) is 0 Å². The van der Waals surface area contributed by atoms with Gasteiger partial charge < -0.3 is 10.2 Å². The van der Waals surface area contributed by atoms with Crippen LogP contribution in [0.5, 0.6) is 0 Å². The predicted molar refractivity (Wildman–Crippen MR) is 296 cm³/mol. The number of carbonyl (C=O) groups is 2. The molecule has 0 aromatic rings. The number of epoxide rings is 1. The van der Waals surface area contributed by atoms with E-state index < -0.39 is 4.30 Å². The van der Waals surface area contributed by atoms with E-state index in [-0.39, 0.29) is 74.7 Å². The average molecular weight is 1080 g/mol. The molecule has 9 saturated carbocycles. The minimum Gasteiger partial charge on any atom is -0.870 e. The number of Topliss-reactive ketones (excluding diaryl/α,β-unsaturated/α-hetero) is 2.